The van der Waals surface area contributed by atoms with Gasteiger partial charge < -0.3 is 5.73 Å². The lowest BCUT2D eigenvalue weighted by Crippen LogP contribution is -2.22. The van der Waals surface area contributed by atoms with E-state index in [1.807, 2.05) is 11.8 Å². The summed E-state index contributed by atoms with van der Waals surface area (Å²) in [5.41, 5.74) is 8.84. The molecular weight excluding hydrogens is 226 g/mol. The molecule has 2 N–H and O–H groups in total. The van der Waals surface area contributed by atoms with Gasteiger partial charge in [-0.25, -0.2) is 0 Å². The molecule has 0 heterocycles. The maximum Gasteiger partial charge on any atom is 0.0412 e. The fraction of sp³-hybridized carbons (Fsp3) is 0.600. The van der Waals surface area contributed by atoms with E-state index >= 15 is 0 Å². The van der Waals surface area contributed by atoms with Gasteiger partial charge in [0.2, 0.25) is 0 Å². The molecule has 0 radical (unpaired) electrons. The van der Waals surface area contributed by atoms with E-state index in [-0.39, 0.29) is 6.04 Å². The maximum atomic E-state index is 6.30. The first-order valence-corrected chi connectivity index (χ1v) is 7.53. The predicted molar refractivity (Wildman–Crippen MR) is 79.5 cm³/mol. The Hall–Kier alpha value is -0.470. The smallest absolute Gasteiger partial charge is 0.0412 e. The molecule has 0 aliphatic rings. The molecule has 1 aromatic carbocycles. The van der Waals surface area contributed by atoms with Gasteiger partial charge in [-0.3, -0.25) is 0 Å². The van der Waals surface area contributed by atoms with Crippen LogP contribution in [0.5, 0.6) is 0 Å². The Morgan fingerprint density at radius 2 is 1.76 bits per heavy atom. The van der Waals surface area contributed by atoms with Gasteiger partial charge in [-0.1, -0.05) is 57.0 Å². The highest BCUT2D eigenvalue weighted by atomic mass is 32.2. The topological polar surface area (TPSA) is 26.0 Å². The van der Waals surface area contributed by atoms with E-state index in [4.69, 9.17) is 5.73 Å². The van der Waals surface area contributed by atoms with E-state index in [9.17, 15) is 0 Å². The fourth-order valence-electron chi connectivity index (χ4n) is 1.60. The minimum Gasteiger partial charge on any atom is -0.323 e. The maximum absolute atomic E-state index is 6.30. The van der Waals surface area contributed by atoms with Crippen LogP contribution in [0.4, 0.5) is 0 Å². The van der Waals surface area contributed by atoms with Crippen molar-refractivity contribution < 1.29 is 0 Å². The van der Waals surface area contributed by atoms with E-state index in [1.165, 1.54) is 23.3 Å². The summed E-state index contributed by atoms with van der Waals surface area (Å²) >= 11 is 1.99. The van der Waals surface area contributed by atoms with Crippen LogP contribution in [0.1, 0.15) is 44.4 Å². The van der Waals surface area contributed by atoms with Crippen molar-refractivity contribution in [1.82, 2.24) is 0 Å². The first kappa shape index (κ1) is 14.6. The number of nitrogens with two attached hydrogens (primary N) is 1. The Kier molecular flexibility index (Phi) is 6.07. The average molecular weight is 251 g/mol. The Morgan fingerprint density at radius 1 is 1.18 bits per heavy atom. The lowest BCUT2D eigenvalue weighted by Gasteiger charge is -2.21. The van der Waals surface area contributed by atoms with Crippen molar-refractivity contribution in [1.29, 1.82) is 0 Å². The number of rotatable bonds is 6. The minimum atomic E-state index is 0.143. The van der Waals surface area contributed by atoms with E-state index in [0.29, 0.717) is 5.25 Å². The summed E-state index contributed by atoms with van der Waals surface area (Å²) in [6, 6.07) is 8.73. The quantitative estimate of drug-likeness (QED) is 0.821. The summed E-state index contributed by atoms with van der Waals surface area (Å²) in [4.78, 5) is 0. The van der Waals surface area contributed by atoms with Crippen molar-refractivity contribution in [3.05, 3.63) is 35.4 Å². The standard InChI is InChI=1S/C15H25NS/c1-5-11(2)10-17-13(4)15(16)14-8-6-12(3)7-9-14/h6-9,11,13,15H,5,10,16H2,1-4H3. The summed E-state index contributed by atoms with van der Waals surface area (Å²) in [6.07, 6.45) is 1.25. The molecule has 0 saturated carbocycles. The zero-order chi connectivity index (χ0) is 12.8. The van der Waals surface area contributed by atoms with Crippen LogP contribution in [-0.2, 0) is 0 Å². The molecule has 0 amide bonds. The third kappa shape index (κ3) is 4.72. The summed E-state index contributed by atoms with van der Waals surface area (Å²) in [5, 5.41) is 0.478. The van der Waals surface area contributed by atoms with Crippen molar-refractivity contribution in [3.63, 3.8) is 0 Å². The zero-order valence-electron chi connectivity index (χ0n) is 11.4. The van der Waals surface area contributed by atoms with Crippen LogP contribution in [0.15, 0.2) is 24.3 Å². The van der Waals surface area contributed by atoms with Gasteiger partial charge in [0, 0.05) is 11.3 Å². The van der Waals surface area contributed by atoms with Gasteiger partial charge in [-0.05, 0) is 24.2 Å². The second-order valence-corrected chi connectivity index (χ2v) is 6.40. The first-order valence-electron chi connectivity index (χ1n) is 6.48. The zero-order valence-corrected chi connectivity index (χ0v) is 12.3. The van der Waals surface area contributed by atoms with Gasteiger partial charge in [-0.2, -0.15) is 11.8 Å². The number of benzene rings is 1. The Morgan fingerprint density at radius 3 is 2.29 bits per heavy atom. The largest absolute Gasteiger partial charge is 0.323 e. The fourth-order valence-corrected chi connectivity index (χ4v) is 2.83. The molecular formula is C15H25NS. The minimum absolute atomic E-state index is 0.143. The van der Waals surface area contributed by atoms with Crippen LogP contribution < -0.4 is 5.73 Å². The van der Waals surface area contributed by atoms with Gasteiger partial charge in [0.05, 0.1) is 0 Å². The van der Waals surface area contributed by atoms with Crippen molar-refractivity contribution in [2.24, 2.45) is 11.7 Å². The van der Waals surface area contributed by atoms with Crippen molar-refractivity contribution in [2.75, 3.05) is 5.75 Å². The molecule has 1 aromatic rings. The molecule has 0 spiro atoms. The molecule has 3 unspecified atom stereocenters. The van der Waals surface area contributed by atoms with Crippen LogP contribution in [-0.4, -0.2) is 11.0 Å². The molecule has 3 atom stereocenters. The molecule has 0 aliphatic heterocycles. The van der Waals surface area contributed by atoms with Crippen molar-refractivity contribution in [3.8, 4) is 0 Å². The molecule has 1 rings (SSSR count). The van der Waals surface area contributed by atoms with E-state index in [1.54, 1.807) is 0 Å². The second-order valence-electron chi connectivity index (χ2n) is 4.99. The number of aryl methyl sites for hydroxylation is 1. The van der Waals surface area contributed by atoms with Crippen LogP contribution in [0.2, 0.25) is 0 Å². The molecule has 2 heteroatoms. The molecule has 1 nitrogen and oxygen atoms in total. The van der Waals surface area contributed by atoms with Crippen molar-refractivity contribution >= 4 is 11.8 Å². The SMILES string of the molecule is CCC(C)CSC(C)C(N)c1ccc(C)cc1. The Labute approximate surface area is 110 Å². The number of thioether (sulfide) groups is 1. The monoisotopic (exact) mass is 251 g/mol. The van der Waals surface area contributed by atoms with Gasteiger partial charge in [0.1, 0.15) is 0 Å². The third-order valence-electron chi connectivity index (χ3n) is 3.31. The van der Waals surface area contributed by atoms with Gasteiger partial charge in [0.25, 0.3) is 0 Å². The van der Waals surface area contributed by atoms with Crippen LogP contribution in [0, 0.1) is 12.8 Å². The highest BCUT2D eigenvalue weighted by molar-refractivity contribution is 7.99. The Bertz CT molecular complexity index is 320. The molecule has 96 valence electrons. The lowest BCUT2D eigenvalue weighted by atomic mass is 10.0. The highest BCUT2D eigenvalue weighted by Gasteiger charge is 2.15. The molecule has 0 saturated heterocycles. The van der Waals surface area contributed by atoms with Crippen LogP contribution >= 0.6 is 11.8 Å². The number of hydrogen-bond donors (Lipinski definition) is 1. The lowest BCUT2D eigenvalue weighted by molar-refractivity contribution is 0.631. The van der Waals surface area contributed by atoms with Crippen molar-refractivity contribution in [2.45, 2.75) is 45.4 Å². The normalized spacial score (nSPS) is 16.5. The predicted octanol–water partition coefficient (Wildman–Crippen LogP) is 4.16. The van der Waals surface area contributed by atoms with E-state index < -0.39 is 0 Å². The number of hydrogen-bond acceptors (Lipinski definition) is 2. The van der Waals surface area contributed by atoms with E-state index in [2.05, 4.69) is 52.0 Å². The van der Waals surface area contributed by atoms with Gasteiger partial charge >= 0.3 is 0 Å². The second kappa shape index (κ2) is 7.07. The first-order chi connectivity index (χ1) is 8.04. The van der Waals surface area contributed by atoms with Gasteiger partial charge in [-0.15, -0.1) is 0 Å². The molecule has 17 heavy (non-hydrogen) atoms. The average Bonchev–Trinajstić information content (AvgIpc) is 2.35. The summed E-state index contributed by atoms with van der Waals surface area (Å²) in [7, 11) is 0. The molecule has 0 fully saturated rings. The highest BCUT2D eigenvalue weighted by Crippen LogP contribution is 2.26. The molecule has 0 bridgehead atoms. The van der Waals surface area contributed by atoms with Gasteiger partial charge in [0.15, 0.2) is 0 Å². The van der Waals surface area contributed by atoms with Crippen LogP contribution in [0.3, 0.4) is 0 Å². The summed E-state index contributed by atoms with van der Waals surface area (Å²) < 4.78 is 0. The van der Waals surface area contributed by atoms with Crippen LogP contribution in [0.25, 0.3) is 0 Å². The summed E-state index contributed by atoms with van der Waals surface area (Å²) in [5.74, 6) is 1.99. The molecule has 0 aromatic heterocycles. The Balaban J connectivity index is 2.51. The van der Waals surface area contributed by atoms with E-state index in [0.717, 1.165) is 5.92 Å². The third-order valence-corrected chi connectivity index (χ3v) is 4.89. The molecule has 0 aliphatic carbocycles. The summed E-state index contributed by atoms with van der Waals surface area (Å²) in [6.45, 7) is 8.89.